The molecule has 0 spiro atoms. The number of benzene rings is 1. The van der Waals surface area contributed by atoms with Crippen molar-refractivity contribution in [1.82, 2.24) is 25.3 Å². The zero-order valence-corrected chi connectivity index (χ0v) is 10.5. The van der Waals surface area contributed by atoms with Gasteiger partial charge in [-0.15, -0.1) is 14.8 Å². The minimum atomic E-state index is -1.06. The van der Waals surface area contributed by atoms with Crippen LogP contribution in [0.25, 0.3) is 5.65 Å². The molecule has 2 aromatic heterocycles. The van der Waals surface area contributed by atoms with Gasteiger partial charge in [-0.05, 0) is 34.7 Å². The van der Waals surface area contributed by atoms with Crippen molar-refractivity contribution >= 4 is 23.2 Å². The van der Waals surface area contributed by atoms with E-state index in [1.165, 1.54) is 22.8 Å². The third-order valence-corrected chi connectivity index (χ3v) is 2.73. The van der Waals surface area contributed by atoms with Crippen LogP contribution in [0.15, 0.2) is 30.3 Å². The summed E-state index contributed by atoms with van der Waals surface area (Å²) in [4.78, 5) is 10.8. The van der Waals surface area contributed by atoms with Gasteiger partial charge in [0, 0.05) is 6.07 Å². The average Bonchev–Trinajstić information content (AvgIpc) is 2.88. The molecule has 0 saturated heterocycles. The summed E-state index contributed by atoms with van der Waals surface area (Å²) in [5.41, 5.74) is 0.552. The van der Waals surface area contributed by atoms with E-state index in [1.54, 1.807) is 12.1 Å². The molecule has 0 saturated carbocycles. The van der Waals surface area contributed by atoms with Crippen LogP contribution in [0.1, 0.15) is 10.4 Å². The van der Waals surface area contributed by atoms with Crippen LogP contribution in [0.5, 0.6) is 11.6 Å². The average molecular weight is 292 g/mol. The first-order valence-electron chi connectivity index (χ1n) is 5.39. The minimum absolute atomic E-state index is 0.0752. The summed E-state index contributed by atoms with van der Waals surface area (Å²) in [5, 5.41) is 23.8. The summed E-state index contributed by atoms with van der Waals surface area (Å²) < 4.78 is 6.67. The number of ether oxygens (including phenoxy) is 1. The second-order valence-electron chi connectivity index (χ2n) is 3.75. The van der Waals surface area contributed by atoms with E-state index in [0.29, 0.717) is 5.65 Å². The Morgan fingerprint density at radius 3 is 2.90 bits per heavy atom. The van der Waals surface area contributed by atoms with Gasteiger partial charge in [0.1, 0.15) is 5.75 Å². The number of carboxylic acid groups (broad SMARTS) is 1. The molecule has 0 bridgehead atoms. The van der Waals surface area contributed by atoms with Gasteiger partial charge in [0.25, 0.3) is 0 Å². The van der Waals surface area contributed by atoms with Crippen LogP contribution in [0.2, 0.25) is 5.02 Å². The largest absolute Gasteiger partial charge is 0.478 e. The summed E-state index contributed by atoms with van der Waals surface area (Å²) in [6.45, 7) is 0. The Morgan fingerprint density at radius 2 is 2.15 bits per heavy atom. The maximum absolute atomic E-state index is 10.8. The van der Waals surface area contributed by atoms with Crippen LogP contribution in [-0.2, 0) is 0 Å². The third-order valence-electron chi connectivity index (χ3n) is 2.44. The lowest BCUT2D eigenvalue weighted by Gasteiger charge is -2.06. The molecule has 0 amide bonds. The number of aromatic nitrogens is 5. The van der Waals surface area contributed by atoms with Crippen molar-refractivity contribution in [2.75, 3.05) is 0 Å². The van der Waals surface area contributed by atoms with Gasteiger partial charge in [0.15, 0.2) is 5.65 Å². The second-order valence-corrected chi connectivity index (χ2v) is 4.16. The van der Waals surface area contributed by atoms with Gasteiger partial charge in [-0.1, -0.05) is 11.6 Å². The first-order chi connectivity index (χ1) is 9.63. The molecule has 0 atom stereocenters. The van der Waals surface area contributed by atoms with Crippen LogP contribution in [0, 0.1) is 0 Å². The van der Waals surface area contributed by atoms with Crippen LogP contribution in [-0.4, -0.2) is 36.3 Å². The maximum Gasteiger partial charge on any atom is 0.335 e. The standard InChI is InChI=1S/C11H6ClN5O3/c12-7-5-6(11(18)19)1-2-8(7)20-10-4-3-9-13-15-16-17(9)14-10/h1-5H,(H,18,19). The SMILES string of the molecule is O=C(O)c1ccc(Oc2ccc3nnnn3n2)c(Cl)c1. The molecule has 0 aliphatic heterocycles. The van der Waals surface area contributed by atoms with E-state index < -0.39 is 5.97 Å². The fourth-order valence-electron chi connectivity index (χ4n) is 1.52. The number of tetrazole rings is 1. The lowest BCUT2D eigenvalue weighted by molar-refractivity contribution is 0.0697. The molecule has 1 aromatic carbocycles. The lowest BCUT2D eigenvalue weighted by atomic mass is 10.2. The van der Waals surface area contributed by atoms with Crippen LogP contribution < -0.4 is 4.74 Å². The van der Waals surface area contributed by atoms with Gasteiger partial charge in [-0.2, -0.15) is 0 Å². The molecule has 3 rings (SSSR count). The van der Waals surface area contributed by atoms with Crippen LogP contribution >= 0.6 is 11.6 Å². The van der Waals surface area contributed by atoms with Gasteiger partial charge in [0.05, 0.1) is 10.6 Å². The van der Waals surface area contributed by atoms with E-state index >= 15 is 0 Å². The topological polar surface area (TPSA) is 102 Å². The van der Waals surface area contributed by atoms with Crippen molar-refractivity contribution in [3.05, 3.63) is 40.9 Å². The monoisotopic (exact) mass is 291 g/mol. The summed E-state index contributed by atoms with van der Waals surface area (Å²) in [6, 6.07) is 7.35. The van der Waals surface area contributed by atoms with Crippen molar-refractivity contribution in [1.29, 1.82) is 0 Å². The number of aromatic carboxylic acids is 1. The molecular weight excluding hydrogens is 286 g/mol. The summed E-state index contributed by atoms with van der Waals surface area (Å²) in [7, 11) is 0. The highest BCUT2D eigenvalue weighted by atomic mass is 35.5. The highest BCUT2D eigenvalue weighted by Crippen LogP contribution is 2.29. The number of fused-ring (bicyclic) bond motifs is 1. The zero-order valence-electron chi connectivity index (χ0n) is 9.76. The normalized spacial score (nSPS) is 10.7. The molecule has 20 heavy (non-hydrogen) atoms. The van der Waals surface area contributed by atoms with Gasteiger partial charge < -0.3 is 9.84 Å². The van der Waals surface area contributed by atoms with Crippen molar-refractivity contribution in [2.45, 2.75) is 0 Å². The number of rotatable bonds is 3. The number of nitrogens with zero attached hydrogens (tertiary/aromatic N) is 5. The minimum Gasteiger partial charge on any atom is -0.478 e. The van der Waals surface area contributed by atoms with E-state index in [4.69, 9.17) is 21.4 Å². The van der Waals surface area contributed by atoms with Gasteiger partial charge in [-0.25, -0.2) is 4.79 Å². The second kappa shape index (κ2) is 4.74. The van der Waals surface area contributed by atoms with E-state index in [1.807, 2.05) is 0 Å². The number of carboxylic acids is 1. The summed E-state index contributed by atoms with van der Waals surface area (Å²) in [5.74, 6) is -0.543. The molecule has 0 unspecified atom stereocenters. The van der Waals surface area contributed by atoms with E-state index in [-0.39, 0.29) is 22.2 Å². The zero-order chi connectivity index (χ0) is 14.1. The Labute approximate surface area is 116 Å². The Bertz CT molecular complexity index is 804. The predicted molar refractivity (Wildman–Crippen MR) is 67.1 cm³/mol. The number of hydrogen-bond donors (Lipinski definition) is 1. The van der Waals surface area contributed by atoms with E-state index in [0.717, 1.165) is 0 Å². The molecule has 100 valence electrons. The molecular formula is C11H6ClN5O3. The Balaban J connectivity index is 1.92. The summed E-state index contributed by atoms with van der Waals surface area (Å²) in [6.07, 6.45) is 0. The van der Waals surface area contributed by atoms with E-state index in [9.17, 15) is 4.79 Å². The smallest absolute Gasteiger partial charge is 0.335 e. The van der Waals surface area contributed by atoms with Gasteiger partial charge in [0.2, 0.25) is 5.88 Å². The highest BCUT2D eigenvalue weighted by Gasteiger charge is 2.10. The Kier molecular flexibility index (Phi) is 2.92. The fourth-order valence-corrected chi connectivity index (χ4v) is 1.74. The lowest BCUT2D eigenvalue weighted by Crippen LogP contribution is -1.99. The molecule has 1 N–H and O–H groups in total. The maximum atomic E-state index is 10.8. The molecule has 8 nitrogen and oxygen atoms in total. The molecule has 9 heteroatoms. The van der Waals surface area contributed by atoms with Crippen LogP contribution in [0.4, 0.5) is 0 Å². The first kappa shape index (κ1) is 12.3. The molecule has 0 fully saturated rings. The Morgan fingerprint density at radius 1 is 1.30 bits per heavy atom. The number of carbonyl (C=O) groups is 1. The molecule has 0 aliphatic rings. The van der Waals surface area contributed by atoms with Crippen molar-refractivity contribution < 1.29 is 14.6 Å². The van der Waals surface area contributed by atoms with Crippen molar-refractivity contribution in [3.8, 4) is 11.6 Å². The molecule has 2 heterocycles. The van der Waals surface area contributed by atoms with Gasteiger partial charge in [-0.3, -0.25) is 0 Å². The van der Waals surface area contributed by atoms with E-state index in [2.05, 4.69) is 20.6 Å². The third kappa shape index (κ3) is 2.24. The number of halogens is 1. The quantitative estimate of drug-likeness (QED) is 0.782. The first-order valence-corrected chi connectivity index (χ1v) is 5.77. The summed E-state index contributed by atoms with van der Waals surface area (Å²) >= 11 is 5.96. The Hall–Kier alpha value is -2.74. The molecule has 0 radical (unpaired) electrons. The van der Waals surface area contributed by atoms with Crippen LogP contribution in [0.3, 0.4) is 0 Å². The molecule has 0 aliphatic carbocycles. The molecule has 3 aromatic rings. The van der Waals surface area contributed by atoms with Crippen molar-refractivity contribution in [2.24, 2.45) is 0 Å². The van der Waals surface area contributed by atoms with Gasteiger partial charge >= 0.3 is 5.97 Å². The number of hydrogen-bond acceptors (Lipinski definition) is 6. The predicted octanol–water partition coefficient (Wildman–Crippen LogP) is 1.66. The fraction of sp³-hybridized carbons (Fsp3) is 0. The van der Waals surface area contributed by atoms with Crippen molar-refractivity contribution in [3.63, 3.8) is 0 Å². The highest BCUT2D eigenvalue weighted by molar-refractivity contribution is 6.32.